The van der Waals surface area contributed by atoms with E-state index in [1.807, 2.05) is 30.7 Å². The van der Waals surface area contributed by atoms with E-state index < -0.39 is 0 Å². The number of thiophene rings is 1. The maximum atomic E-state index is 11.0. The van der Waals surface area contributed by atoms with Crippen molar-refractivity contribution in [3.05, 3.63) is 34.5 Å². The van der Waals surface area contributed by atoms with Gasteiger partial charge >= 0.3 is 0 Å². The van der Waals surface area contributed by atoms with Crippen LogP contribution < -0.4 is 0 Å². The molecule has 0 amide bonds. The number of carbonyl (C=O) groups is 1. The first-order valence-corrected chi connectivity index (χ1v) is 5.16. The molecule has 0 radical (unpaired) electrons. The highest BCUT2D eigenvalue weighted by Crippen LogP contribution is 2.29. The van der Waals surface area contributed by atoms with Gasteiger partial charge in [0.1, 0.15) is 6.29 Å². The lowest BCUT2D eigenvalue weighted by molar-refractivity contribution is -0.112. The number of hydrogen-bond donors (Lipinski definition) is 0. The van der Waals surface area contributed by atoms with Crippen molar-refractivity contribution < 1.29 is 4.79 Å². The van der Waals surface area contributed by atoms with Crippen LogP contribution in [0.4, 0.5) is 0 Å². The van der Waals surface area contributed by atoms with E-state index in [0.29, 0.717) is 0 Å². The summed E-state index contributed by atoms with van der Waals surface area (Å²) >= 11 is 1.62. The van der Waals surface area contributed by atoms with Gasteiger partial charge in [0.05, 0.1) is 5.41 Å². The van der Waals surface area contributed by atoms with Crippen LogP contribution in [0.15, 0.2) is 29.0 Å². The molecule has 0 aliphatic carbocycles. The number of hydrogen-bond acceptors (Lipinski definition) is 2. The summed E-state index contributed by atoms with van der Waals surface area (Å²) in [5.74, 6) is 0. The van der Waals surface area contributed by atoms with Gasteiger partial charge in [-0.2, -0.15) is 11.3 Å². The monoisotopic (exact) mass is 194 g/mol. The van der Waals surface area contributed by atoms with Gasteiger partial charge in [-0.15, -0.1) is 6.58 Å². The van der Waals surface area contributed by atoms with E-state index in [1.165, 1.54) is 0 Å². The molecule has 0 N–H and O–H groups in total. The Labute approximate surface area is 83.1 Å². The Bertz CT molecular complexity index is 300. The number of aldehydes is 1. The minimum atomic E-state index is -0.383. The van der Waals surface area contributed by atoms with Crippen LogP contribution in [-0.4, -0.2) is 6.29 Å². The van der Waals surface area contributed by atoms with Crippen molar-refractivity contribution in [2.75, 3.05) is 0 Å². The maximum absolute atomic E-state index is 11.0. The van der Waals surface area contributed by atoms with E-state index in [2.05, 4.69) is 6.58 Å². The fourth-order valence-electron chi connectivity index (χ4n) is 1.43. The average molecular weight is 194 g/mol. The molecular weight excluding hydrogens is 180 g/mol. The highest BCUT2D eigenvalue weighted by atomic mass is 32.1. The van der Waals surface area contributed by atoms with Crippen LogP contribution in [0.25, 0.3) is 0 Å². The SMILES string of the molecule is C=C(C)CC(C)(C=O)c1ccsc1. The van der Waals surface area contributed by atoms with E-state index in [-0.39, 0.29) is 5.41 Å². The second-order valence-electron chi connectivity index (χ2n) is 3.68. The summed E-state index contributed by atoms with van der Waals surface area (Å²) in [4.78, 5) is 11.0. The zero-order valence-corrected chi connectivity index (χ0v) is 8.86. The lowest BCUT2D eigenvalue weighted by Crippen LogP contribution is -2.23. The Morgan fingerprint density at radius 3 is 2.85 bits per heavy atom. The first kappa shape index (κ1) is 10.2. The van der Waals surface area contributed by atoms with Crippen LogP contribution in [0.1, 0.15) is 25.8 Å². The second kappa shape index (κ2) is 3.88. The lowest BCUT2D eigenvalue weighted by atomic mass is 9.80. The molecule has 1 rings (SSSR count). The fraction of sp³-hybridized carbons (Fsp3) is 0.364. The van der Waals surface area contributed by atoms with E-state index in [1.54, 1.807) is 11.3 Å². The highest BCUT2D eigenvalue weighted by Gasteiger charge is 2.26. The molecule has 1 atom stereocenters. The summed E-state index contributed by atoms with van der Waals surface area (Å²) in [5, 5.41) is 4.02. The van der Waals surface area contributed by atoms with Crippen molar-refractivity contribution in [1.29, 1.82) is 0 Å². The molecule has 1 heterocycles. The summed E-state index contributed by atoms with van der Waals surface area (Å²) in [7, 11) is 0. The van der Waals surface area contributed by atoms with Crippen LogP contribution in [0, 0.1) is 0 Å². The van der Waals surface area contributed by atoms with Crippen molar-refractivity contribution in [1.82, 2.24) is 0 Å². The maximum Gasteiger partial charge on any atom is 0.130 e. The van der Waals surface area contributed by atoms with E-state index in [0.717, 1.165) is 23.8 Å². The molecule has 1 unspecified atom stereocenters. The molecule has 0 spiro atoms. The number of rotatable bonds is 4. The lowest BCUT2D eigenvalue weighted by Gasteiger charge is -2.21. The standard InChI is InChI=1S/C11H14OS/c1-9(2)6-11(3,8-12)10-4-5-13-7-10/h4-5,7-8H,1,6H2,2-3H3. The second-order valence-corrected chi connectivity index (χ2v) is 4.46. The Morgan fingerprint density at radius 1 is 1.77 bits per heavy atom. The highest BCUT2D eigenvalue weighted by molar-refractivity contribution is 7.08. The van der Waals surface area contributed by atoms with Crippen molar-refractivity contribution in [3.63, 3.8) is 0 Å². The molecule has 0 saturated carbocycles. The third-order valence-corrected chi connectivity index (χ3v) is 2.79. The third kappa shape index (κ3) is 2.28. The molecule has 0 aromatic carbocycles. The molecule has 2 heteroatoms. The zero-order chi connectivity index (χ0) is 9.90. The molecule has 13 heavy (non-hydrogen) atoms. The predicted octanol–water partition coefficient (Wildman–Crippen LogP) is 3.17. The van der Waals surface area contributed by atoms with Gasteiger partial charge in [0.2, 0.25) is 0 Å². The van der Waals surface area contributed by atoms with Crippen LogP contribution >= 0.6 is 11.3 Å². The molecular formula is C11H14OS. The van der Waals surface area contributed by atoms with E-state index >= 15 is 0 Å². The summed E-state index contributed by atoms with van der Waals surface area (Å²) < 4.78 is 0. The number of carbonyl (C=O) groups excluding carboxylic acids is 1. The molecule has 0 aliphatic heterocycles. The van der Waals surface area contributed by atoms with Gasteiger partial charge in [-0.05, 0) is 42.7 Å². The third-order valence-electron chi connectivity index (χ3n) is 2.11. The van der Waals surface area contributed by atoms with E-state index in [9.17, 15) is 4.79 Å². The normalized spacial score (nSPS) is 14.9. The first-order valence-electron chi connectivity index (χ1n) is 4.22. The Hall–Kier alpha value is -0.890. The molecule has 1 nitrogen and oxygen atoms in total. The largest absolute Gasteiger partial charge is 0.302 e. The van der Waals surface area contributed by atoms with Crippen molar-refractivity contribution in [2.45, 2.75) is 25.7 Å². The molecule has 0 fully saturated rings. The van der Waals surface area contributed by atoms with Gasteiger partial charge in [0, 0.05) is 0 Å². The van der Waals surface area contributed by atoms with Crippen LogP contribution in [0.5, 0.6) is 0 Å². The Kier molecular flexibility index (Phi) is 3.04. The Balaban J connectivity index is 2.94. The van der Waals surface area contributed by atoms with Gasteiger partial charge in [-0.25, -0.2) is 0 Å². The van der Waals surface area contributed by atoms with Gasteiger partial charge in [-0.3, -0.25) is 0 Å². The molecule has 0 bridgehead atoms. The molecule has 0 saturated heterocycles. The molecule has 1 aromatic rings. The minimum Gasteiger partial charge on any atom is -0.302 e. The molecule has 70 valence electrons. The van der Waals surface area contributed by atoms with Crippen molar-refractivity contribution in [3.8, 4) is 0 Å². The summed E-state index contributed by atoms with van der Waals surface area (Å²) in [6, 6.07) is 2.00. The topological polar surface area (TPSA) is 17.1 Å². The van der Waals surface area contributed by atoms with Gasteiger partial charge in [0.15, 0.2) is 0 Å². The molecule has 1 aromatic heterocycles. The zero-order valence-electron chi connectivity index (χ0n) is 8.04. The minimum absolute atomic E-state index is 0.383. The Morgan fingerprint density at radius 2 is 2.46 bits per heavy atom. The smallest absolute Gasteiger partial charge is 0.130 e. The fourth-order valence-corrected chi connectivity index (χ4v) is 2.23. The van der Waals surface area contributed by atoms with E-state index in [4.69, 9.17) is 0 Å². The van der Waals surface area contributed by atoms with Crippen molar-refractivity contribution >= 4 is 17.6 Å². The van der Waals surface area contributed by atoms with Crippen LogP contribution in [0.3, 0.4) is 0 Å². The average Bonchev–Trinajstić information content (AvgIpc) is 2.55. The number of allylic oxidation sites excluding steroid dienone is 1. The summed E-state index contributed by atoms with van der Waals surface area (Å²) in [6.07, 6.45) is 1.75. The van der Waals surface area contributed by atoms with Gasteiger partial charge in [0.25, 0.3) is 0 Å². The van der Waals surface area contributed by atoms with Gasteiger partial charge < -0.3 is 4.79 Å². The summed E-state index contributed by atoms with van der Waals surface area (Å²) in [5.41, 5.74) is 1.75. The van der Waals surface area contributed by atoms with Gasteiger partial charge in [-0.1, -0.05) is 5.57 Å². The summed E-state index contributed by atoms with van der Waals surface area (Å²) in [6.45, 7) is 7.75. The van der Waals surface area contributed by atoms with Crippen LogP contribution in [0.2, 0.25) is 0 Å². The van der Waals surface area contributed by atoms with Crippen LogP contribution in [-0.2, 0) is 10.2 Å². The van der Waals surface area contributed by atoms with Crippen molar-refractivity contribution in [2.24, 2.45) is 0 Å². The first-order chi connectivity index (χ1) is 6.08. The quantitative estimate of drug-likeness (QED) is 0.531. The predicted molar refractivity (Wildman–Crippen MR) is 57.2 cm³/mol. The molecule has 0 aliphatic rings.